The number of para-hydroxylation sites is 1. The molecule has 3 saturated heterocycles. The molecule has 0 aromatic heterocycles. The zero-order valence-electron chi connectivity index (χ0n) is 25.3. The fourth-order valence-corrected chi connectivity index (χ4v) is 7.66. The number of aliphatic hydroxyl groups is 1. The van der Waals surface area contributed by atoms with E-state index in [1.807, 2.05) is 69.3 Å². The third-order valence-corrected chi connectivity index (χ3v) is 9.48. The van der Waals surface area contributed by atoms with Crippen LogP contribution in [0.4, 0.5) is 5.69 Å². The minimum atomic E-state index is -1.26. The Bertz CT molecular complexity index is 1390. The molecule has 0 saturated carbocycles. The first-order valence-electron chi connectivity index (χ1n) is 15.1. The molecule has 1 N–H and O–H groups in total. The molecular weight excluding hydrogens is 544 g/mol. The van der Waals surface area contributed by atoms with Gasteiger partial charge in [0.1, 0.15) is 17.6 Å². The predicted molar refractivity (Wildman–Crippen MR) is 164 cm³/mol. The number of allylic oxidation sites excluding steroid dienone is 1. The van der Waals surface area contributed by atoms with Crippen molar-refractivity contribution in [2.75, 3.05) is 24.7 Å². The normalized spacial score (nSPS) is 28.0. The van der Waals surface area contributed by atoms with E-state index in [2.05, 4.69) is 13.2 Å². The van der Waals surface area contributed by atoms with Gasteiger partial charge in [0.2, 0.25) is 5.91 Å². The molecule has 228 valence electrons. The molecule has 5 rings (SSSR count). The third-order valence-electron chi connectivity index (χ3n) is 9.48. The van der Waals surface area contributed by atoms with Gasteiger partial charge in [0, 0.05) is 12.2 Å². The number of amides is 2. The van der Waals surface area contributed by atoms with Crippen molar-refractivity contribution in [3.05, 3.63) is 90.5 Å². The number of hydrogen-bond acceptors (Lipinski definition) is 6. The number of rotatable bonds is 12. The van der Waals surface area contributed by atoms with Crippen molar-refractivity contribution in [2.45, 2.75) is 69.7 Å². The highest BCUT2D eigenvalue weighted by Crippen LogP contribution is 2.64. The summed E-state index contributed by atoms with van der Waals surface area (Å²) in [5.41, 5.74) is 1.05. The maximum Gasteiger partial charge on any atom is 0.312 e. The SMILES string of the molecule is C=CCCCOC(=O)[C@H]1[C@H]2C(=O)N([C@H](CO)c3ccccc3)C(C(=O)N(CC=C)c3c(C)cccc3C)C23CC[C@]1(C)O3. The molecule has 3 aliphatic heterocycles. The van der Waals surface area contributed by atoms with E-state index in [9.17, 15) is 19.5 Å². The van der Waals surface area contributed by atoms with Crippen molar-refractivity contribution in [1.29, 1.82) is 0 Å². The van der Waals surface area contributed by atoms with Gasteiger partial charge in [-0.25, -0.2) is 0 Å². The van der Waals surface area contributed by atoms with Crippen LogP contribution >= 0.6 is 0 Å². The summed E-state index contributed by atoms with van der Waals surface area (Å²) in [6.45, 7) is 13.4. The summed E-state index contributed by atoms with van der Waals surface area (Å²) in [4.78, 5) is 46.5. The summed E-state index contributed by atoms with van der Waals surface area (Å²) in [6, 6.07) is 13.1. The van der Waals surface area contributed by atoms with Crippen LogP contribution in [0.25, 0.3) is 0 Å². The van der Waals surface area contributed by atoms with Gasteiger partial charge in [0.15, 0.2) is 0 Å². The number of esters is 1. The minimum absolute atomic E-state index is 0.209. The summed E-state index contributed by atoms with van der Waals surface area (Å²) >= 11 is 0. The molecule has 2 bridgehead atoms. The Morgan fingerprint density at radius 2 is 1.81 bits per heavy atom. The van der Waals surface area contributed by atoms with E-state index in [1.165, 1.54) is 4.90 Å². The third kappa shape index (κ3) is 5.00. The first-order chi connectivity index (χ1) is 20.6. The zero-order chi connectivity index (χ0) is 30.9. The number of carbonyl (C=O) groups is 3. The molecule has 3 aliphatic rings. The number of ether oxygens (including phenoxy) is 2. The Hall–Kier alpha value is -3.75. The molecule has 3 heterocycles. The number of hydrogen-bond donors (Lipinski definition) is 1. The highest BCUT2D eigenvalue weighted by Gasteiger charge is 2.79. The molecule has 2 aromatic carbocycles. The monoisotopic (exact) mass is 586 g/mol. The average Bonchev–Trinajstić information content (AvgIpc) is 3.56. The van der Waals surface area contributed by atoms with E-state index < -0.39 is 47.7 Å². The first-order valence-corrected chi connectivity index (χ1v) is 15.1. The first kappa shape index (κ1) is 30.7. The van der Waals surface area contributed by atoms with Gasteiger partial charge < -0.3 is 24.4 Å². The summed E-state index contributed by atoms with van der Waals surface area (Å²) in [5.74, 6) is -2.99. The van der Waals surface area contributed by atoms with Gasteiger partial charge in [-0.3, -0.25) is 14.4 Å². The standard InChI is InChI=1S/C35H42N2O6/c1-6-8-12-21-42-33(41)28-27-31(39)37(26(22-38)25-16-10-9-11-17-25)30(35(27)19-18-34(28,5)43-35)32(40)36(20-7-2)29-23(3)14-13-15-24(29)4/h6-7,9-11,13-17,26-28,30,38H,1-2,8,12,18-22H2,3-5H3/t26-,27+,28-,30?,34+,35?/m1/s1. The van der Waals surface area contributed by atoms with E-state index in [0.717, 1.165) is 16.8 Å². The molecule has 3 fully saturated rings. The Morgan fingerprint density at radius 1 is 1.12 bits per heavy atom. The van der Waals surface area contributed by atoms with Crippen LogP contribution in [0.15, 0.2) is 73.8 Å². The summed E-state index contributed by atoms with van der Waals surface area (Å²) in [5, 5.41) is 10.8. The lowest BCUT2D eigenvalue weighted by Gasteiger charge is -2.40. The largest absolute Gasteiger partial charge is 0.465 e. The second-order valence-corrected chi connectivity index (χ2v) is 12.2. The fraction of sp³-hybridized carbons (Fsp3) is 0.457. The van der Waals surface area contributed by atoms with Crippen LogP contribution in [-0.2, 0) is 23.9 Å². The predicted octanol–water partition coefficient (Wildman–Crippen LogP) is 4.83. The average molecular weight is 587 g/mol. The van der Waals surface area contributed by atoms with Crippen molar-refractivity contribution in [3.8, 4) is 0 Å². The Labute approximate surface area is 254 Å². The van der Waals surface area contributed by atoms with Crippen molar-refractivity contribution in [2.24, 2.45) is 11.8 Å². The molecule has 6 atom stereocenters. The lowest BCUT2D eigenvalue weighted by Crippen LogP contribution is -2.57. The number of unbranched alkanes of at least 4 members (excludes halogenated alkanes) is 1. The number of aliphatic hydroxyl groups excluding tert-OH is 1. The quantitative estimate of drug-likeness (QED) is 0.218. The molecule has 8 nitrogen and oxygen atoms in total. The van der Waals surface area contributed by atoms with Gasteiger partial charge in [-0.1, -0.05) is 60.7 Å². The summed E-state index contributed by atoms with van der Waals surface area (Å²) < 4.78 is 12.5. The molecule has 8 heteroatoms. The van der Waals surface area contributed by atoms with Gasteiger partial charge in [-0.15, -0.1) is 13.2 Å². The molecular formula is C35H42N2O6. The van der Waals surface area contributed by atoms with Crippen molar-refractivity contribution >= 4 is 23.5 Å². The van der Waals surface area contributed by atoms with Crippen LogP contribution in [0.5, 0.6) is 0 Å². The topological polar surface area (TPSA) is 96.4 Å². The van der Waals surface area contributed by atoms with E-state index in [1.54, 1.807) is 17.1 Å². The zero-order valence-corrected chi connectivity index (χ0v) is 25.3. The van der Waals surface area contributed by atoms with E-state index >= 15 is 0 Å². The second-order valence-electron chi connectivity index (χ2n) is 12.2. The van der Waals surface area contributed by atoms with Crippen LogP contribution in [0.3, 0.4) is 0 Å². The van der Waals surface area contributed by atoms with E-state index in [-0.39, 0.29) is 25.0 Å². The summed E-state index contributed by atoms with van der Waals surface area (Å²) in [6.07, 6.45) is 5.69. The van der Waals surface area contributed by atoms with Gasteiger partial charge in [0.05, 0.1) is 30.8 Å². The number of fused-ring (bicyclic) bond motifs is 1. The number of carbonyl (C=O) groups excluding carboxylic acids is 3. The van der Waals surface area contributed by atoms with Gasteiger partial charge in [0.25, 0.3) is 5.91 Å². The number of likely N-dealkylation sites (tertiary alicyclic amines) is 1. The Kier molecular flexibility index (Phi) is 8.63. The molecule has 2 aromatic rings. The van der Waals surface area contributed by atoms with Crippen LogP contribution in [0.2, 0.25) is 0 Å². The highest BCUT2D eigenvalue weighted by molar-refractivity contribution is 6.05. The second kappa shape index (κ2) is 12.1. The minimum Gasteiger partial charge on any atom is -0.465 e. The highest BCUT2D eigenvalue weighted by atomic mass is 16.6. The van der Waals surface area contributed by atoms with Crippen LogP contribution < -0.4 is 4.90 Å². The van der Waals surface area contributed by atoms with Gasteiger partial charge in [-0.2, -0.15) is 0 Å². The van der Waals surface area contributed by atoms with Crippen molar-refractivity contribution in [3.63, 3.8) is 0 Å². The van der Waals surface area contributed by atoms with Crippen LogP contribution in [-0.4, -0.2) is 64.8 Å². The Morgan fingerprint density at radius 3 is 2.44 bits per heavy atom. The van der Waals surface area contributed by atoms with E-state index in [0.29, 0.717) is 31.2 Å². The van der Waals surface area contributed by atoms with Gasteiger partial charge in [-0.05, 0) is 63.1 Å². The Balaban J connectivity index is 1.64. The van der Waals surface area contributed by atoms with Gasteiger partial charge >= 0.3 is 5.97 Å². The van der Waals surface area contributed by atoms with Crippen LogP contribution in [0, 0.1) is 25.7 Å². The lowest BCUT2D eigenvalue weighted by atomic mass is 9.66. The number of nitrogens with zero attached hydrogens (tertiary/aromatic N) is 2. The molecule has 1 spiro atoms. The smallest absolute Gasteiger partial charge is 0.312 e. The van der Waals surface area contributed by atoms with Crippen molar-refractivity contribution in [1.82, 2.24) is 4.90 Å². The maximum atomic E-state index is 15.0. The molecule has 2 amide bonds. The van der Waals surface area contributed by atoms with Crippen LogP contribution in [0.1, 0.15) is 55.3 Å². The number of anilines is 1. The maximum absolute atomic E-state index is 15.0. The fourth-order valence-electron chi connectivity index (χ4n) is 7.66. The molecule has 43 heavy (non-hydrogen) atoms. The molecule has 0 radical (unpaired) electrons. The lowest BCUT2D eigenvalue weighted by molar-refractivity contribution is -0.160. The van der Waals surface area contributed by atoms with Crippen molar-refractivity contribution < 1.29 is 29.0 Å². The molecule has 2 unspecified atom stereocenters. The molecule has 0 aliphatic carbocycles. The number of benzene rings is 2. The summed E-state index contributed by atoms with van der Waals surface area (Å²) in [7, 11) is 0. The number of aryl methyl sites for hydroxylation is 2. The van der Waals surface area contributed by atoms with E-state index in [4.69, 9.17) is 9.47 Å².